The maximum atomic E-state index is 3.62. The van der Waals surface area contributed by atoms with Crippen LogP contribution in [0.3, 0.4) is 0 Å². The summed E-state index contributed by atoms with van der Waals surface area (Å²) in [6.07, 6.45) is 5.28. The van der Waals surface area contributed by atoms with Crippen LogP contribution in [0.15, 0.2) is 0 Å². The molecule has 1 fully saturated rings. The van der Waals surface area contributed by atoms with Crippen LogP contribution in [0.4, 0.5) is 0 Å². The lowest BCUT2D eigenvalue weighted by atomic mass is 10.1. The zero-order valence-corrected chi connectivity index (χ0v) is 10.8. The quantitative estimate of drug-likeness (QED) is 0.753. The van der Waals surface area contributed by atoms with Crippen molar-refractivity contribution in [2.45, 2.75) is 52.5 Å². The Bertz CT molecular complexity index is 159. The fourth-order valence-electron chi connectivity index (χ4n) is 2.54. The van der Waals surface area contributed by atoms with Crippen molar-refractivity contribution >= 4 is 0 Å². The summed E-state index contributed by atoms with van der Waals surface area (Å²) >= 11 is 0. The van der Waals surface area contributed by atoms with Crippen molar-refractivity contribution in [3.63, 3.8) is 0 Å². The summed E-state index contributed by atoms with van der Waals surface area (Å²) in [6, 6.07) is 0.723. The minimum absolute atomic E-state index is 0.723. The molecule has 2 unspecified atom stereocenters. The molecular formula is C13H28N2. The number of nitrogens with zero attached hydrogens (tertiary/aromatic N) is 1. The largest absolute Gasteiger partial charge is 0.313 e. The van der Waals surface area contributed by atoms with Gasteiger partial charge in [-0.3, -0.25) is 0 Å². The summed E-state index contributed by atoms with van der Waals surface area (Å²) in [5, 5.41) is 3.62. The normalized spacial score (nSPS) is 26.2. The first-order valence-corrected chi connectivity index (χ1v) is 6.72. The van der Waals surface area contributed by atoms with E-state index in [1.165, 1.54) is 51.9 Å². The van der Waals surface area contributed by atoms with Crippen LogP contribution in [0, 0.1) is 5.92 Å². The average Bonchev–Trinajstić information content (AvgIpc) is 2.43. The van der Waals surface area contributed by atoms with Gasteiger partial charge in [0.1, 0.15) is 0 Å². The molecule has 15 heavy (non-hydrogen) atoms. The van der Waals surface area contributed by atoms with Gasteiger partial charge >= 0.3 is 0 Å². The van der Waals surface area contributed by atoms with E-state index < -0.39 is 0 Å². The Balaban J connectivity index is 2.31. The van der Waals surface area contributed by atoms with Gasteiger partial charge in [-0.05, 0) is 38.3 Å². The first kappa shape index (κ1) is 13.0. The molecule has 1 heterocycles. The van der Waals surface area contributed by atoms with Gasteiger partial charge < -0.3 is 10.2 Å². The van der Waals surface area contributed by atoms with Gasteiger partial charge in [-0.25, -0.2) is 0 Å². The predicted molar refractivity (Wildman–Crippen MR) is 67.2 cm³/mol. The fourth-order valence-corrected chi connectivity index (χ4v) is 2.54. The van der Waals surface area contributed by atoms with Crippen LogP contribution < -0.4 is 5.32 Å². The summed E-state index contributed by atoms with van der Waals surface area (Å²) in [7, 11) is 0. The molecule has 0 aliphatic carbocycles. The summed E-state index contributed by atoms with van der Waals surface area (Å²) in [5.41, 5.74) is 0. The lowest BCUT2D eigenvalue weighted by Crippen LogP contribution is -2.38. The van der Waals surface area contributed by atoms with E-state index in [-0.39, 0.29) is 0 Å². The molecule has 2 atom stereocenters. The van der Waals surface area contributed by atoms with E-state index >= 15 is 0 Å². The zero-order chi connectivity index (χ0) is 11.1. The van der Waals surface area contributed by atoms with Crippen LogP contribution in [-0.4, -0.2) is 37.1 Å². The van der Waals surface area contributed by atoms with E-state index in [2.05, 4.69) is 31.0 Å². The van der Waals surface area contributed by atoms with E-state index in [0.29, 0.717) is 0 Å². The highest BCUT2D eigenvalue weighted by Gasteiger charge is 2.17. The third-order valence-corrected chi connectivity index (χ3v) is 3.41. The lowest BCUT2D eigenvalue weighted by molar-refractivity contribution is 0.226. The number of hydrogen-bond donors (Lipinski definition) is 1. The Hall–Kier alpha value is -0.0800. The molecule has 1 aliphatic rings. The summed E-state index contributed by atoms with van der Waals surface area (Å²) in [6.45, 7) is 12.0. The van der Waals surface area contributed by atoms with Gasteiger partial charge in [0.25, 0.3) is 0 Å². The van der Waals surface area contributed by atoms with Gasteiger partial charge in [-0.2, -0.15) is 0 Å². The van der Waals surface area contributed by atoms with Gasteiger partial charge in [-0.1, -0.05) is 27.2 Å². The third kappa shape index (κ3) is 4.98. The molecular weight excluding hydrogens is 184 g/mol. The minimum Gasteiger partial charge on any atom is -0.313 e. The van der Waals surface area contributed by atoms with E-state index in [0.717, 1.165) is 12.0 Å². The topological polar surface area (TPSA) is 15.3 Å². The van der Waals surface area contributed by atoms with Crippen molar-refractivity contribution in [3.05, 3.63) is 0 Å². The van der Waals surface area contributed by atoms with E-state index in [4.69, 9.17) is 0 Å². The molecule has 1 N–H and O–H groups in total. The molecule has 0 bridgehead atoms. The van der Waals surface area contributed by atoms with E-state index in [9.17, 15) is 0 Å². The maximum Gasteiger partial charge on any atom is 0.0192 e. The summed E-state index contributed by atoms with van der Waals surface area (Å²) < 4.78 is 0. The molecule has 0 radical (unpaired) electrons. The highest BCUT2D eigenvalue weighted by Crippen LogP contribution is 2.10. The van der Waals surface area contributed by atoms with Crippen molar-refractivity contribution in [1.29, 1.82) is 0 Å². The standard InChI is InChI=1S/C13H28N2/c1-4-7-12(3)10-15-9-6-8-14-13(5-2)11-15/h12-14H,4-11H2,1-3H3. The Kier molecular flexibility index (Phi) is 6.26. The highest BCUT2D eigenvalue weighted by molar-refractivity contribution is 4.76. The first-order chi connectivity index (χ1) is 7.26. The number of rotatable bonds is 5. The van der Waals surface area contributed by atoms with Gasteiger partial charge in [0.15, 0.2) is 0 Å². The second kappa shape index (κ2) is 7.24. The second-order valence-electron chi connectivity index (χ2n) is 5.07. The van der Waals surface area contributed by atoms with Gasteiger partial charge in [0, 0.05) is 19.1 Å². The highest BCUT2D eigenvalue weighted by atomic mass is 15.2. The molecule has 0 aromatic rings. The molecule has 1 aliphatic heterocycles. The molecule has 1 rings (SSSR count). The van der Waals surface area contributed by atoms with E-state index in [1.807, 2.05) is 0 Å². The van der Waals surface area contributed by atoms with Crippen LogP contribution in [0.25, 0.3) is 0 Å². The first-order valence-electron chi connectivity index (χ1n) is 6.72. The Labute approximate surface area is 95.4 Å². The smallest absolute Gasteiger partial charge is 0.0192 e. The van der Waals surface area contributed by atoms with Crippen LogP contribution in [0.5, 0.6) is 0 Å². The molecule has 2 nitrogen and oxygen atoms in total. The van der Waals surface area contributed by atoms with Gasteiger partial charge in [-0.15, -0.1) is 0 Å². The van der Waals surface area contributed by atoms with Crippen LogP contribution in [0.1, 0.15) is 46.5 Å². The Morgan fingerprint density at radius 2 is 2.20 bits per heavy atom. The van der Waals surface area contributed by atoms with Crippen molar-refractivity contribution < 1.29 is 0 Å². The monoisotopic (exact) mass is 212 g/mol. The van der Waals surface area contributed by atoms with Crippen LogP contribution in [-0.2, 0) is 0 Å². The minimum atomic E-state index is 0.723. The predicted octanol–water partition coefficient (Wildman–Crippen LogP) is 2.50. The third-order valence-electron chi connectivity index (χ3n) is 3.41. The van der Waals surface area contributed by atoms with Gasteiger partial charge in [0.2, 0.25) is 0 Å². The molecule has 1 saturated heterocycles. The molecule has 0 spiro atoms. The zero-order valence-electron chi connectivity index (χ0n) is 10.8. The summed E-state index contributed by atoms with van der Waals surface area (Å²) in [5.74, 6) is 0.866. The second-order valence-corrected chi connectivity index (χ2v) is 5.07. The molecule has 0 aromatic carbocycles. The van der Waals surface area contributed by atoms with Crippen molar-refractivity contribution in [2.75, 3.05) is 26.2 Å². The number of nitrogens with one attached hydrogen (secondary N) is 1. The van der Waals surface area contributed by atoms with Crippen molar-refractivity contribution in [1.82, 2.24) is 10.2 Å². The van der Waals surface area contributed by atoms with Crippen LogP contribution in [0.2, 0.25) is 0 Å². The Morgan fingerprint density at radius 1 is 1.40 bits per heavy atom. The molecule has 90 valence electrons. The average molecular weight is 212 g/mol. The lowest BCUT2D eigenvalue weighted by Gasteiger charge is -2.26. The van der Waals surface area contributed by atoms with Gasteiger partial charge in [0.05, 0.1) is 0 Å². The molecule has 0 amide bonds. The summed E-state index contributed by atoms with van der Waals surface area (Å²) in [4.78, 5) is 2.66. The Morgan fingerprint density at radius 3 is 2.87 bits per heavy atom. The maximum absolute atomic E-state index is 3.62. The van der Waals surface area contributed by atoms with E-state index in [1.54, 1.807) is 0 Å². The molecule has 0 aromatic heterocycles. The van der Waals surface area contributed by atoms with Crippen LogP contribution >= 0.6 is 0 Å². The molecule has 0 saturated carbocycles. The van der Waals surface area contributed by atoms with Crippen molar-refractivity contribution in [3.8, 4) is 0 Å². The number of hydrogen-bond acceptors (Lipinski definition) is 2. The SMILES string of the molecule is CCCC(C)CN1CCCNC(CC)C1. The van der Waals surface area contributed by atoms with Crippen molar-refractivity contribution in [2.24, 2.45) is 5.92 Å². The fraction of sp³-hybridized carbons (Fsp3) is 1.00. The molecule has 2 heteroatoms.